The number of carbonyl (C=O) groups excluding carboxylic acids is 2. The number of pyridine rings is 1. The lowest BCUT2D eigenvalue weighted by molar-refractivity contribution is -0.143. The molecule has 1 aromatic rings. The van der Waals surface area contributed by atoms with E-state index in [0.29, 0.717) is 12.0 Å². The van der Waals surface area contributed by atoms with Gasteiger partial charge in [0.05, 0.1) is 19.0 Å². The van der Waals surface area contributed by atoms with Crippen molar-refractivity contribution in [3.05, 3.63) is 24.0 Å². The molecule has 1 aliphatic heterocycles. The van der Waals surface area contributed by atoms with E-state index >= 15 is 0 Å². The molecule has 0 spiro atoms. The molecule has 0 amide bonds. The van der Waals surface area contributed by atoms with E-state index in [1.54, 1.807) is 18.3 Å². The van der Waals surface area contributed by atoms with E-state index in [1.807, 2.05) is 4.90 Å². The van der Waals surface area contributed by atoms with Crippen LogP contribution in [0.25, 0.3) is 0 Å². The summed E-state index contributed by atoms with van der Waals surface area (Å²) in [6.07, 6.45) is 3.08. The molecule has 1 aromatic heterocycles. The highest BCUT2D eigenvalue weighted by atomic mass is 16.5. The first-order valence-corrected chi connectivity index (χ1v) is 5.02. The van der Waals surface area contributed by atoms with Gasteiger partial charge in [0.1, 0.15) is 11.7 Å². The molecule has 0 saturated carbocycles. The van der Waals surface area contributed by atoms with Gasteiger partial charge in [-0.15, -0.1) is 0 Å². The summed E-state index contributed by atoms with van der Waals surface area (Å²) < 4.78 is 4.69. The first-order valence-electron chi connectivity index (χ1n) is 5.02. The van der Waals surface area contributed by atoms with Crippen molar-refractivity contribution in [1.82, 2.24) is 4.98 Å². The molecule has 1 aliphatic rings. The lowest BCUT2D eigenvalue weighted by Gasteiger charge is -2.40. The number of carbonyl (C=O) groups is 2. The van der Waals surface area contributed by atoms with Gasteiger partial charge >= 0.3 is 5.97 Å². The largest absolute Gasteiger partial charge is 0.467 e. The highest BCUT2D eigenvalue weighted by Gasteiger charge is 2.35. The maximum Gasteiger partial charge on any atom is 0.328 e. The molecule has 0 bridgehead atoms. The molecule has 5 nitrogen and oxygen atoms in total. The second-order valence-corrected chi connectivity index (χ2v) is 3.58. The van der Waals surface area contributed by atoms with Crippen molar-refractivity contribution in [2.24, 2.45) is 0 Å². The summed E-state index contributed by atoms with van der Waals surface area (Å²) in [6, 6.07) is 3.20. The van der Waals surface area contributed by atoms with E-state index < -0.39 is 0 Å². The van der Waals surface area contributed by atoms with E-state index in [-0.39, 0.29) is 12.0 Å². The summed E-state index contributed by atoms with van der Waals surface area (Å²) >= 11 is 0. The summed E-state index contributed by atoms with van der Waals surface area (Å²) in [6.45, 7) is 0.807. The zero-order valence-corrected chi connectivity index (χ0v) is 8.92. The van der Waals surface area contributed by atoms with Crippen LogP contribution in [0.15, 0.2) is 18.3 Å². The van der Waals surface area contributed by atoms with Crippen molar-refractivity contribution in [2.45, 2.75) is 12.5 Å². The number of methoxy groups -OCH3 is 1. The Hall–Kier alpha value is -1.91. The molecular formula is C11H12N2O3. The van der Waals surface area contributed by atoms with Gasteiger partial charge in [-0.05, 0) is 18.6 Å². The minimum atomic E-state index is -0.231. The number of aromatic nitrogens is 1. The van der Waals surface area contributed by atoms with Gasteiger partial charge in [-0.1, -0.05) is 0 Å². The number of aldehydes is 1. The highest BCUT2D eigenvalue weighted by molar-refractivity contribution is 5.82. The fraction of sp³-hybridized carbons (Fsp3) is 0.364. The van der Waals surface area contributed by atoms with Crippen molar-refractivity contribution >= 4 is 17.9 Å². The summed E-state index contributed by atoms with van der Waals surface area (Å²) in [5, 5.41) is 0. The van der Waals surface area contributed by atoms with E-state index in [4.69, 9.17) is 4.74 Å². The van der Waals surface area contributed by atoms with Gasteiger partial charge in [0.2, 0.25) is 0 Å². The fourth-order valence-electron chi connectivity index (χ4n) is 1.71. The van der Waals surface area contributed by atoms with Crippen LogP contribution < -0.4 is 4.90 Å². The van der Waals surface area contributed by atoms with Gasteiger partial charge in [-0.2, -0.15) is 0 Å². The number of ether oxygens (including phenoxy) is 1. The quantitative estimate of drug-likeness (QED) is 0.552. The lowest BCUT2D eigenvalue weighted by atomic mass is 10.0. The van der Waals surface area contributed by atoms with Crippen LogP contribution in [0.1, 0.15) is 16.9 Å². The van der Waals surface area contributed by atoms with Gasteiger partial charge in [0.15, 0.2) is 6.29 Å². The first-order chi connectivity index (χ1) is 7.76. The van der Waals surface area contributed by atoms with Crippen LogP contribution in [0.2, 0.25) is 0 Å². The van der Waals surface area contributed by atoms with Gasteiger partial charge in [0.25, 0.3) is 0 Å². The van der Waals surface area contributed by atoms with Crippen LogP contribution >= 0.6 is 0 Å². The Balaban J connectivity index is 2.12. The average Bonchev–Trinajstić information content (AvgIpc) is 2.28. The predicted octanol–water partition coefficient (Wildman–Crippen LogP) is 0.646. The van der Waals surface area contributed by atoms with E-state index in [9.17, 15) is 9.59 Å². The molecule has 1 atom stereocenters. The summed E-state index contributed by atoms with van der Waals surface area (Å²) in [7, 11) is 1.38. The Labute approximate surface area is 93.0 Å². The van der Waals surface area contributed by atoms with Crippen molar-refractivity contribution in [3.63, 3.8) is 0 Å². The maximum atomic E-state index is 11.4. The highest BCUT2D eigenvalue weighted by Crippen LogP contribution is 2.26. The normalized spacial score (nSPS) is 18.8. The molecule has 0 radical (unpaired) electrons. The second kappa shape index (κ2) is 4.30. The third-order valence-electron chi connectivity index (χ3n) is 2.72. The molecule has 5 heteroatoms. The second-order valence-electron chi connectivity index (χ2n) is 3.58. The van der Waals surface area contributed by atoms with Crippen molar-refractivity contribution in [3.8, 4) is 0 Å². The van der Waals surface area contributed by atoms with Gasteiger partial charge in [-0.3, -0.25) is 9.78 Å². The topological polar surface area (TPSA) is 59.5 Å². The standard InChI is InChI=1S/C11H12N2O3/c1-16-11(15)10-4-5-13(10)9-3-2-8(7-14)12-6-9/h2-3,6-7,10H,4-5H2,1H3. The predicted molar refractivity (Wildman–Crippen MR) is 57.4 cm³/mol. The van der Waals surface area contributed by atoms with E-state index in [2.05, 4.69) is 4.98 Å². The number of esters is 1. The Bertz CT molecular complexity index is 402. The zero-order valence-electron chi connectivity index (χ0n) is 8.92. The Kier molecular flexibility index (Phi) is 2.85. The van der Waals surface area contributed by atoms with Crippen molar-refractivity contribution < 1.29 is 14.3 Å². The molecule has 16 heavy (non-hydrogen) atoms. The Morgan fingerprint density at radius 2 is 2.44 bits per heavy atom. The number of rotatable bonds is 3. The van der Waals surface area contributed by atoms with Gasteiger partial charge < -0.3 is 9.64 Å². The molecule has 2 heterocycles. The fourth-order valence-corrected chi connectivity index (χ4v) is 1.71. The Morgan fingerprint density at radius 1 is 1.62 bits per heavy atom. The van der Waals surface area contributed by atoms with Crippen LogP contribution in [-0.4, -0.2) is 36.9 Å². The number of nitrogens with zero attached hydrogens (tertiary/aromatic N) is 2. The van der Waals surface area contributed by atoms with Crippen LogP contribution in [-0.2, 0) is 9.53 Å². The van der Waals surface area contributed by atoms with Gasteiger partial charge in [-0.25, -0.2) is 4.79 Å². The molecule has 0 aromatic carbocycles. The van der Waals surface area contributed by atoms with Crippen molar-refractivity contribution in [2.75, 3.05) is 18.6 Å². The van der Waals surface area contributed by atoms with Crippen LogP contribution in [0, 0.1) is 0 Å². The molecule has 1 fully saturated rings. The molecular weight excluding hydrogens is 208 g/mol. The third-order valence-corrected chi connectivity index (χ3v) is 2.72. The smallest absolute Gasteiger partial charge is 0.328 e. The number of anilines is 1. The van der Waals surface area contributed by atoms with Gasteiger partial charge in [0, 0.05) is 6.54 Å². The SMILES string of the molecule is COC(=O)C1CCN1c1ccc(C=O)nc1. The molecule has 0 N–H and O–H groups in total. The average molecular weight is 220 g/mol. The molecule has 1 saturated heterocycles. The van der Waals surface area contributed by atoms with E-state index in [0.717, 1.165) is 18.7 Å². The number of hydrogen-bond donors (Lipinski definition) is 0. The van der Waals surface area contributed by atoms with Crippen LogP contribution in [0.5, 0.6) is 0 Å². The minimum Gasteiger partial charge on any atom is -0.467 e. The monoisotopic (exact) mass is 220 g/mol. The molecule has 1 unspecified atom stereocenters. The molecule has 0 aliphatic carbocycles. The lowest BCUT2D eigenvalue weighted by Crippen LogP contribution is -2.53. The van der Waals surface area contributed by atoms with Crippen molar-refractivity contribution in [1.29, 1.82) is 0 Å². The Morgan fingerprint density at radius 3 is 2.88 bits per heavy atom. The molecule has 84 valence electrons. The van der Waals surface area contributed by atoms with Crippen LogP contribution in [0.4, 0.5) is 5.69 Å². The summed E-state index contributed by atoms with van der Waals surface area (Å²) in [5.74, 6) is -0.231. The number of hydrogen-bond acceptors (Lipinski definition) is 5. The minimum absolute atomic E-state index is 0.214. The van der Waals surface area contributed by atoms with E-state index in [1.165, 1.54) is 7.11 Å². The first kappa shape index (κ1) is 10.6. The summed E-state index contributed by atoms with van der Waals surface area (Å²) in [5.41, 5.74) is 1.23. The molecule has 2 rings (SSSR count). The van der Waals surface area contributed by atoms with Crippen LogP contribution in [0.3, 0.4) is 0 Å². The maximum absolute atomic E-state index is 11.4. The summed E-state index contributed by atoms with van der Waals surface area (Å²) in [4.78, 5) is 27.7. The zero-order chi connectivity index (χ0) is 11.5. The third kappa shape index (κ3) is 1.76.